The summed E-state index contributed by atoms with van der Waals surface area (Å²) in [5.41, 5.74) is -0.0463. The lowest BCUT2D eigenvalue weighted by atomic mass is 10.0. The van der Waals surface area contributed by atoms with Gasteiger partial charge in [0.25, 0.3) is 5.91 Å². The zero-order valence-corrected chi connectivity index (χ0v) is 14.5. The van der Waals surface area contributed by atoms with Gasteiger partial charge in [-0.25, -0.2) is 18.2 Å². The van der Waals surface area contributed by atoms with E-state index in [0.717, 1.165) is 5.39 Å². The number of sulfone groups is 1. The lowest BCUT2D eigenvalue weighted by Crippen LogP contribution is -2.48. The third kappa shape index (κ3) is 4.14. The van der Waals surface area contributed by atoms with Crippen molar-refractivity contribution in [2.75, 3.05) is 18.1 Å². The lowest BCUT2D eigenvalue weighted by Gasteiger charge is -2.23. The fourth-order valence-electron chi connectivity index (χ4n) is 2.87. The number of esters is 1. The Hall–Kier alpha value is -2.48. The van der Waals surface area contributed by atoms with E-state index >= 15 is 0 Å². The summed E-state index contributed by atoms with van der Waals surface area (Å²) < 4.78 is 28.1. The minimum absolute atomic E-state index is 0.0462. The number of para-hydroxylation sites is 1. The van der Waals surface area contributed by atoms with Crippen molar-refractivity contribution in [3.63, 3.8) is 0 Å². The highest BCUT2D eigenvalue weighted by Crippen LogP contribution is 2.22. The number of aromatic nitrogens is 1. The number of nitrogens with zero attached hydrogens (tertiary/aromatic N) is 1. The molecular weight excluding hydrogens is 344 g/mol. The van der Waals surface area contributed by atoms with Gasteiger partial charge in [0.2, 0.25) is 0 Å². The maximum atomic E-state index is 12.1. The molecule has 1 aliphatic rings. The van der Waals surface area contributed by atoms with Crippen LogP contribution in [0.4, 0.5) is 0 Å². The number of benzene rings is 1. The van der Waals surface area contributed by atoms with Crippen molar-refractivity contribution in [3.8, 4) is 0 Å². The largest absolute Gasteiger partial charge is 0.451 e. The SMILES string of the molecule is CC1(NC(=O)COC(=O)c2ccc3ccccc3n2)CCS(=O)(=O)C1. The van der Waals surface area contributed by atoms with Crippen LogP contribution in [0, 0.1) is 0 Å². The van der Waals surface area contributed by atoms with Gasteiger partial charge in [0.05, 0.1) is 22.6 Å². The number of ether oxygens (including phenoxy) is 1. The van der Waals surface area contributed by atoms with Crippen molar-refractivity contribution in [1.29, 1.82) is 0 Å². The molecule has 7 nitrogen and oxygen atoms in total. The van der Waals surface area contributed by atoms with Crippen LogP contribution in [-0.2, 0) is 19.4 Å². The first-order valence-electron chi connectivity index (χ1n) is 7.81. The number of carbonyl (C=O) groups is 2. The van der Waals surface area contributed by atoms with Gasteiger partial charge >= 0.3 is 5.97 Å². The van der Waals surface area contributed by atoms with Crippen molar-refractivity contribution >= 4 is 32.6 Å². The first-order chi connectivity index (χ1) is 11.8. The first-order valence-corrected chi connectivity index (χ1v) is 9.63. The molecule has 1 saturated heterocycles. The van der Waals surface area contributed by atoms with E-state index in [9.17, 15) is 18.0 Å². The monoisotopic (exact) mass is 362 g/mol. The Kier molecular flexibility index (Phi) is 4.47. The molecule has 1 aromatic heterocycles. The molecule has 1 atom stereocenters. The topological polar surface area (TPSA) is 102 Å². The molecule has 0 aliphatic carbocycles. The highest BCUT2D eigenvalue weighted by Gasteiger charge is 2.39. The molecule has 0 radical (unpaired) electrons. The van der Waals surface area contributed by atoms with Crippen molar-refractivity contribution < 1.29 is 22.7 Å². The summed E-state index contributed by atoms with van der Waals surface area (Å²) in [7, 11) is -3.13. The zero-order chi connectivity index (χ0) is 18.1. The molecule has 1 amide bonds. The number of fused-ring (bicyclic) bond motifs is 1. The number of nitrogens with one attached hydrogen (secondary N) is 1. The van der Waals surface area contributed by atoms with E-state index in [4.69, 9.17) is 4.74 Å². The second kappa shape index (κ2) is 6.44. The van der Waals surface area contributed by atoms with Crippen LogP contribution in [0.2, 0.25) is 0 Å². The zero-order valence-electron chi connectivity index (χ0n) is 13.7. The van der Waals surface area contributed by atoms with Crippen LogP contribution < -0.4 is 5.32 Å². The smallest absolute Gasteiger partial charge is 0.357 e. The highest BCUT2D eigenvalue weighted by atomic mass is 32.2. The van der Waals surface area contributed by atoms with E-state index in [2.05, 4.69) is 10.3 Å². The highest BCUT2D eigenvalue weighted by molar-refractivity contribution is 7.91. The molecule has 2 heterocycles. The van der Waals surface area contributed by atoms with E-state index in [1.807, 2.05) is 18.2 Å². The summed E-state index contributed by atoms with van der Waals surface area (Å²) in [5, 5.41) is 3.53. The summed E-state index contributed by atoms with van der Waals surface area (Å²) in [6.45, 7) is 1.19. The van der Waals surface area contributed by atoms with Gasteiger partial charge in [0.1, 0.15) is 5.69 Å². The van der Waals surface area contributed by atoms with Gasteiger partial charge in [0.15, 0.2) is 16.4 Å². The van der Waals surface area contributed by atoms with Gasteiger partial charge in [-0.3, -0.25) is 4.79 Å². The molecule has 25 heavy (non-hydrogen) atoms. The van der Waals surface area contributed by atoms with Crippen LogP contribution in [0.25, 0.3) is 10.9 Å². The normalized spacial score (nSPS) is 21.8. The van der Waals surface area contributed by atoms with Gasteiger partial charge in [-0.2, -0.15) is 0 Å². The van der Waals surface area contributed by atoms with Crippen molar-refractivity contribution in [2.24, 2.45) is 0 Å². The van der Waals surface area contributed by atoms with Gasteiger partial charge in [-0.15, -0.1) is 0 Å². The molecule has 1 aromatic carbocycles. The molecule has 0 spiro atoms. The van der Waals surface area contributed by atoms with Crippen molar-refractivity contribution in [2.45, 2.75) is 18.9 Å². The number of hydrogen-bond donors (Lipinski definition) is 1. The number of pyridine rings is 1. The molecule has 1 N–H and O–H groups in total. The Labute approximate surface area is 145 Å². The quantitative estimate of drug-likeness (QED) is 0.817. The Balaban J connectivity index is 1.59. The fraction of sp³-hybridized carbons (Fsp3) is 0.353. The van der Waals surface area contributed by atoms with Crippen molar-refractivity contribution in [3.05, 3.63) is 42.1 Å². The van der Waals surface area contributed by atoms with E-state index in [0.29, 0.717) is 11.9 Å². The second-order valence-electron chi connectivity index (χ2n) is 6.42. The standard InChI is InChI=1S/C17H18N2O5S/c1-17(8-9-25(22,23)11-17)19-15(20)10-24-16(21)14-7-6-12-4-2-3-5-13(12)18-14/h2-7H,8-11H2,1H3,(H,19,20). The molecular formula is C17H18N2O5S. The van der Waals surface area contributed by atoms with Crippen LogP contribution in [0.3, 0.4) is 0 Å². The van der Waals surface area contributed by atoms with Gasteiger partial charge in [-0.1, -0.05) is 24.3 Å². The molecule has 0 saturated carbocycles. The molecule has 0 bridgehead atoms. The molecule has 8 heteroatoms. The first kappa shape index (κ1) is 17.3. The second-order valence-corrected chi connectivity index (χ2v) is 8.60. The summed E-state index contributed by atoms with van der Waals surface area (Å²) in [4.78, 5) is 28.2. The van der Waals surface area contributed by atoms with Gasteiger partial charge in [0, 0.05) is 5.39 Å². The van der Waals surface area contributed by atoms with Crippen LogP contribution in [-0.4, -0.2) is 48.9 Å². The summed E-state index contributed by atoms with van der Waals surface area (Å²) in [5.74, 6) is -1.30. The van der Waals surface area contributed by atoms with Crippen LogP contribution in [0.15, 0.2) is 36.4 Å². The van der Waals surface area contributed by atoms with Gasteiger partial charge in [-0.05, 0) is 25.5 Å². The third-order valence-electron chi connectivity index (χ3n) is 4.09. The average molecular weight is 362 g/mol. The lowest BCUT2D eigenvalue weighted by molar-refractivity contribution is -0.125. The Morgan fingerprint density at radius 2 is 2.00 bits per heavy atom. The molecule has 2 aromatic rings. The minimum Gasteiger partial charge on any atom is -0.451 e. The van der Waals surface area contributed by atoms with Gasteiger partial charge < -0.3 is 10.1 Å². The predicted octanol–water partition coefficient (Wildman–Crippen LogP) is 1.08. The van der Waals surface area contributed by atoms with E-state index < -0.39 is 33.9 Å². The van der Waals surface area contributed by atoms with E-state index in [1.54, 1.807) is 19.1 Å². The number of amides is 1. The minimum atomic E-state index is -3.13. The van der Waals surface area contributed by atoms with Crippen molar-refractivity contribution in [1.82, 2.24) is 10.3 Å². The predicted molar refractivity (Wildman–Crippen MR) is 91.8 cm³/mol. The summed E-state index contributed by atoms with van der Waals surface area (Å²) in [6.07, 6.45) is 0.348. The maximum absolute atomic E-state index is 12.1. The average Bonchev–Trinajstić information content (AvgIpc) is 2.85. The van der Waals surface area contributed by atoms with Crippen LogP contribution in [0.5, 0.6) is 0 Å². The Morgan fingerprint density at radius 3 is 2.72 bits per heavy atom. The van der Waals surface area contributed by atoms with E-state index in [-0.39, 0.29) is 17.2 Å². The molecule has 1 fully saturated rings. The number of hydrogen-bond acceptors (Lipinski definition) is 6. The summed E-state index contributed by atoms with van der Waals surface area (Å²) in [6, 6.07) is 10.6. The number of carbonyl (C=O) groups excluding carboxylic acids is 2. The fourth-order valence-corrected chi connectivity index (χ4v) is 4.96. The van der Waals surface area contributed by atoms with E-state index in [1.165, 1.54) is 6.07 Å². The van der Waals surface area contributed by atoms with Crippen LogP contribution in [0.1, 0.15) is 23.8 Å². The third-order valence-corrected chi connectivity index (χ3v) is 5.99. The maximum Gasteiger partial charge on any atom is 0.357 e. The Bertz CT molecular complexity index is 941. The number of rotatable bonds is 4. The Morgan fingerprint density at radius 1 is 1.24 bits per heavy atom. The van der Waals surface area contributed by atoms with Crippen LogP contribution >= 0.6 is 0 Å². The molecule has 1 aliphatic heterocycles. The molecule has 3 rings (SSSR count). The summed E-state index contributed by atoms with van der Waals surface area (Å²) >= 11 is 0. The molecule has 1 unspecified atom stereocenters. The molecule has 132 valence electrons.